The zero-order chi connectivity index (χ0) is 13.0. The third kappa shape index (κ3) is 3.45. The fraction of sp³-hybridized carbons (Fsp3) is 0.750. The molecule has 0 amide bonds. The molecule has 0 atom stereocenters. The highest BCUT2D eigenvalue weighted by Crippen LogP contribution is 2.21. The third-order valence-corrected chi connectivity index (χ3v) is 3.09. The fourth-order valence-corrected chi connectivity index (χ4v) is 2.12. The number of hydrogen-bond donors (Lipinski definition) is 1. The van der Waals surface area contributed by atoms with E-state index in [1.807, 2.05) is 14.1 Å². The van der Waals surface area contributed by atoms with Crippen LogP contribution in [-0.4, -0.2) is 35.2 Å². The number of rotatable bonds is 3. The molecule has 0 aliphatic heterocycles. The number of nitrogens with two attached hydrogens (primary N) is 1. The Labute approximate surface area is 108 Å². The van der Waals surface area contributed by atoms with Crippen molar-refractivity contribution >= 4 is 11.9 Å². The van der Waals surface area contributed by atoms with E-state index in [4.69, 9.17) is 10.5 Å². The monoisotopic (exact) mass is 251 g/mol. The lowest BCUT2D eigenvalue weighted by Crippen LogP contribution is -2.20. The SMILES string of the molecule is CN(C)c1nc(N)nc(OC2CCCCCC2)n1. The van der Waals surface area contributed by atoms with Crippen molar-refractivity contribution in [2.75, 3.05) is 24.7 Å². The molecular formula is C12H21N5O. The highest BCUT2D eigenvalue weighted by atomic mass is 16.5. The average Bonchev–Trinajstić information content (AvgIpc) is 2.57. The Morgan fingerprint density at radius 2 is 1.72 bits per heavy atom. The van der Waals surface area contributed by atoms with Gasteiger partial charge in [0, 0.05) is 14.1 Å². The molecule has 100 valence electrons. The summed E-state index contributed by atoms with van der Waals surface area (Å²) in [6, 6.07) is 0.345. The Bertz CT molecular complexity index is 388. The smallest absolute Gasteiger partial charge is 0.323 e. The van der Waals surface area contributed by atoms with Crippen LogP contribution in [0.15, 0.2) is 0 Å². The summed E-state index contributed by atoms with van der Waals surface area (Å²) in [5.41, 5.74) is 5.66. The molecule has 6 nitrogen and oxygen atoms in total. The van der Waals surface area contributed by atoms with Gasteiger partial charge in [0.25, 0.3) is 0 Å². The van der Waals surface area contributed by atoms with Crippen LogP contribution in [0.3, 0.4) is 0 Å². The van der Waals surface area contributed by atoms with Gasteiger partial charge in [0.15, 0.2) is 0 Å². The molecule has 0 unspecified atom stereocenters. The normalized spacial score (nSPS) is 17.2. The molecule has 18 heavy (non-hydrogen) atoms. The predicted molar refractivity (Wildman–Crippen MR) is 70.7 cm³/mol. The minimum Gasteiger partial charge on any atom is -0.460 e. The van der Waals surface area contributed by atoms with E-state index in [1.165, 1.54) is 25.7 Å². The average molecular weight is 251 g/mol. The highest BCUT2D eigenvalue weighted by Gasteiger charge is 2.16. The second-order valence-electron chi connectivity index (χ2n) is 4.90. The van der Waals surface area contributed by atoms with E-state index >= 15 is 0 Å². The summed E-state index contributed by atoms with van der Waals surface area (Å²) in [6.07, 6.45) is 7.37. The zero-order valence-corrected chi connectivity index (χ0v) is 11.1. The van der Waals surface area contributed by atoms with E-state index in [0.717, 1.165) is 12.8 Å². The van der Waals surface area contributed by atoms with Gasteiger partial charge < -0.3 is 15.4 Å². The number of nitrogen functional groups attached to an aromatic ring is 1. The molecule has 1 aliphatic carbocycles. The molecule has 1 heterocycles. The Balaban J connectivity index is 2.07. The molecule has 2 rings (SSSR count). The molecule has 6 heteroatoms. The quantitative estimate of drug-likeness (QED) is 0.823. The van der Waals surface area contributed by atoms with Gasteiger partial charge in [0.1, 0.15) is 6.10 Å². The first-order chi connectivity index (χ1) is 8.65. The van der Waals surface area contributed by atoms with Crippen molar-refractivity contribution in [1.29, 1.82) is 0 Å². The van der Waals surface area contributed by atoms with Gasteiger partial charge in [-0.15, -0.1) is 0 Å². The minimum absolute atomic E-state index is 0.206. The molecule has 1 saturated carbocycles. The van der Waals surface area contributed by atoms with Gasteiger partial charge in [0.2, 0.25) is 11.9 Å². The van der Waals surface area contributed by atoms with Crippen molar-refractivity contribution in [3.05, 3.63) is 0 Å². The van der Waals surface area contributed by atoms with E-state index in [0.29, 0.717) is 12.0 Å². The standard InChI is InChI=1S/C12H21N5O/c1-17(2)11-14-10(13)15-12(16-11)18-9-7-5-3-4-6-8-9/h9H,3-8H2,1-2H3,(H2,13,14,15,16). The Kier molecular flexibility index (Phi) is 4.17. The summed E-state index contributed by atoms with van der Waals surface area (Å²) in [5.74, 6) is 0.739. The summed E-state index contributed by atoms with van der Waals surface area (Å²) in [5, 5.41) is 0. The van der Waals surface area contributed by atoms with E-state index in [-0.39, 0.29) is 12.1 Å². The number of anilines is 2. The fourth-order valence-electron chi connectivity index (χ4n) is 2.12. The Morgan fingerprint density at radius 3 is 2.33 bits per heavy atom. The summed E-state index contributed by atoms with van der Waals surface area (Å²) < 4.78 is 5.84. The molecular weight excluding hydrogens is 230 g/mol. The molecule has 1 aliphatic rings. The molecule has 0 spiro atoms. The van der Waals surface area contributed by atoms with Gasteiger partial charge in [0.05, 0.1) is 0 Å². The zero-order valence-electron chi connectivity index (χ0n) is 11.1. The van der Waals surface area contributed by atoms with E-state index in [2.05, 4.69) is 15.0 Å². The topological polar surface area (TPSA) is 77.2 Å². The highest BCUT2D eigenvalue weighted by molar-refractivity contribution is 5.33. The van der Waals surface area contributed by atoms with Gasteiger partial charge >= 0.3 is 6.01 Å². The van der Waals surface area contributed by atoms with E-state index < -0.39 is 0 Å². The van der Waals surface area contributed by atoms with Gasteiger partial charge in [-0.05, 0) is 25.7 Å². The lowest BCUT2D eigenvalue weighted by Gasteiger charge is -2.17. The maximum atomic E-state index is 5.84. The Hall–Kier alpha value is -1.59. The van der Waals surface area contributed by atoms with Crippen LogP contribution in [0.4, 0.5) is 11.9 Å². The van der Waals surface area contributed by atoms with Crippen LogP contribution in [-0.2, 0) is 0 Å². The maximum Gasteiger partial charge on any atom is 0.323 e. The summed E-state index contributed by atoms with van der Waals surface area (Å²) >= 11 is 0. The van der Waals surface area contributed by atoms with Crippen LogP contribution < -0.4 is 15.4 Å². The predicted octanol–water partition coefficient (Wildman–Crippen LogP) is 1.62. The van der Waals surface area contributed by atoms with Crippen molar-refractivity contribution in [3.63, 3.8) is 0 Å². The largest absolute Gasteiger partial charge is 0.460 e. The number of aromatic nitrogens is 3. The molecule has 1 aromatic heterocycles. The number of ether oxygens (including phenoxy) is 1. The van der Waals surface area contributed by atoms with Crippen molar-refractivity contribution in [2.45, 2.75) is 44.6 Å². The van der Waals surface area contributed by atoms with E-state index in [1.54, 1.807) is 4.90 Å². The second kappa shape index (κ2) is 5.84. The molecule has 2 N–H and O–H groups in total. The van der Waals surface area contributed by atoms with Crippen molar-refractivity contribution < 1.29 is 4.74 Å². The van der Waals surface area contributed by atoms with Crippen LogP contribution in [0.2, 0.25) is 0 Å². The molecule has 1 aromatic rings. The van der Waals surface area contributed by atoms with E-state index in [9.17, 15) is 0 Å². The second-order valence-corrected chi connectivity index (χ2v) is 4.90. The van der Waals surface area contributed by atoms with Crippen LogP contribution in [0, 0.1) is 0 Å². The molecule has 0 aromatic carbocycles. The van der Waals surface area contributed by atoms with Crippen LogP contribution in [0.25, 0.3) is 0 Å². The maximum absolute atomic E-state index is 5.84. The van der Waals surface area contributed by atoms with Gasteiger partial charge in [-0.25, -0.2) is 0 Å². The lowest BCUT2D eigenvalue weighted by atomic mass is 10.2. The van der Waals surface area contributed by atoms with Crippen LogP contribution in [0.1, 0.15) is 38.5 Å². The van der Waals surface area contributed by atoms with Crippen LogP contribution >= 0.6 is 0 Å². The van der Waals surface area contributed by atoms with Crippen molar-refractivity contribution in [3.8, 4) is 6.01 Å². The number of nitrogens with zero attached hydrogens (tertiary/aromatic N) is 4. The minimum atomic E-state index is 0.206. The van der Waals surface area contributed by atoms with Gasteiger partial charge in [-0.3, -0.25) is 0 Å². The Morgan fingerprint density at radius 1 is 1.06 bits per heavy atom. The van der Waals surface area contributed by atoms with Crippen LogP contribution in [0.5, 0.6) is 6.01 Å². The van der Waals surface area contributed by atoms with Crippen molar-refractivity contribution in [2.24, 2.45) is 0 Å². The third-order valence-electron chi connectivity index (χ3n) is 3.09. The summed E-state index contributed by atoms with van der Waals surface area (Å²) in [4.78, 5) is 14.1. The number of hydrogen-bond acceptors (Lipinski definition) is 6. The molecule has 1 fully saturated rings. The molecule has 0 saturated heterocycles. The van der Waals surface area contributed by atoms with Crippen molar-refractivity contribution in [1.82, 2.24) is 15.0 Å². The summed E-state index contributed by atoms with van der Waals surface area (Å²) in [7, 11) is 3.73. The van der Waals surface area contributed by atoms with Gasteiger partial charge in [-0.2, -0.15) is 15.0 Å². The first-order valence-corrected chi connectivity index (χ1v) is 6.50. The first kappa shape index (κ1) is 12.9. The summed E-state index contributed by atoms with van der Waals surface area (Å²) in [6.45, 7) is 0. The molecule has 0 bridgehead atoms. The van der Waals surface area contributed by atoms with Gasteiger partial charge in [-0.1, -0.05) is 12.8 Å². The first-order valence-electron chi connectivity index (χ1n) is 6.50. The lowest BCUT2D eigenvalue weighted by molar-refractivity contribution is 0.168. The molecule has 0 radical (unpaired) electrons.